The zero-order chi connectivity index (χ0) is 18.4. The molecule has 2 unspecified atom stereocenters. The molecule has 6 heteroatoms. The predicted molar refractivity (Wildman–Crippen MR) is 108 cm³/mol. The number of halogens is 1. The average molecular weight is 395 g/mol. The molecule has 1 aliphatic rings. The van der Waals surface area contributed by atoms with E-state index in [1.807, 2.05) is 42.5 Å². The van der Waals surface area contributed by atoms with Gasteiger partial charge in [-0.15, -0.1) is 11.3 Å². The molecule has 1 aromatic heterocycles. The average Bonchev–Trinajstić information content (AvgIpc) is 3.15. The lowest BCUT2D eigenvalue weighted by Crippen LogP contribution is -2.48. The van der Waals surface area contributed by atoms with Gasteiger partial charge >= 0.3 is 0 Å². The van der Waals surface area contributed by atoms with Crippen LogP contribution in [0.25, 0.3) is 0 Å². The molecular weight excluding hydrogens is 368 g/mol. The molecule has 4 nitrogen and oxygen atoms in total. The molecule has 1 fully saturated rings. The van der Waals surface area contributed by atoms with E-state index in [0.29, 0.717) is 13.2 Å². The molecule has 0 bridgehead atoms. The van der Waals surface area contributed by atoms with Gasteiger partial charge in [-0.05, 0) is 36.1 Å². The number of hydrogen-bond acceptors (Lipinski definition) is 5. The van der Waals surface area contributed by atoms with E-state index in [4.69, 9.17) is 16.3 Å². The van der Waals surface area contributed by atoms with Crippen molar-refractivity contribution < 1.29 is 9.84 Å². The van der Waals surface area contributed by atoms with Crippen molar-refractivity contribution in [1.82, 2.24) is 9.80 Å². The summed E-state index contributed by atoms with van der Waals surface area (Å²) in [5.41, 5.74) is 1.07. The molecule has 2 atom stereocenters. The summed E-state index contributed by atoms with van der Waals surface area (Å²) in [7, 11) is 0. The fourth-order valence-electron chi connectivity index (χ4n) is 3.19. The van der Waals surface area contributed by atoms with Crippen LogP contribution in [0.15, 0.2) is 41.8 Å². The Labute approximate surface area is 165 Å². The monoisotopic (exact) mass is 394 g/mol. The molecule has 0 radical (unpaired) electrons. The molecule has 2 heterocycles. The SMILES string of the molecule is CC(OCC(O)CN1CCN(Cc2cccs2)CC1)c1ccc(Cl)cc1. The molecule has 0 spiro atoms. The highest BCUT2D eigenvalue weighted by Crippen LogP contribution is 2.19. The maximum Gasteiger partial charge on any atom is 0.0900 e. The molecule has 0 saturated carbocycles. The van der Waals surface area contributed by atoms with Gasteiger partial charge < -0.3 is 9.84 Å². The molecule has 3 rings (SSSR count). The van der Waals surface area contributed by atoms with Gasteiger partial charge in [-0.25, -0.2) is 0 Å². The number of aliphatic hydroxyl groups is 1. The van der Waals surface area contributed by atoms with Gasteiger partial charge in [0.25, 0.3) is 0 Å². The topological polar surface area (TPSA) is 35.9 Å². The molecule has 1 aliphatic heterocycles. The molecule has 1 N–H and O–H groups in total. The Morgan fingerprint density at radius 1 is 1.12 bits per heavy atom. The van der Waals surface area contributed by atoms with Crippen LogP contribution >= 0.6 is 22.9 Å². The number of hydrogen-bond donors (Lipinski definition) is 1. The second-order valence-electron chi connectivity index (χ2n) is 6.84. The smallest absolute Gasteiger partial charge is 0.0900 e. The Kier molecular flexibility index (Phi) is 7.49. The van der Waals surface area contributed by atoms with Gasteiger partial charge in [0.1, 0.15) is 0 Å². The number of ether oxygens (including phenoxy) is 1. The van der Waals surface area contributed by atoms with Crippen molar-refractivity contribution in [3.05, 3.63) is 57.2 Å². The highest BCUT2D eigenvalue weighted by atomic mass is 35.5. The van der Waals surface area contributed by atoms with Crippen molar-refractivity contribution in [2.75, 3.05) is 39.3 Å². The maximum absolute atomic E-state index is 10.3. The van der Waals surface area contributed by atoms with Gasteiger partial charge in [-0.2, -0.15) is 0 Å². The zero-order valence-electron chi connectivity index (χ0n) is 15.2. The molecule has 1 saturated heterocycles. The molecule has 142 valence electrons. The lowest BCUT2D eigenvalue weighted by atomic mass is 10.1. The normalized spacial score (nSPS) is 18.7. The van der Waals surface area contributed by atoms with E-state index < -0.39 is 6.10 Å². The van der Waals surface area contributed by atoms with Crippen molar-refractivity contribution in [1.29, 1.82) is 0 Å². The molecule has 1 aromatic carbocycles. The minimum Gasteiger partial charge on any atom is -0.389 e. The number of aliphatic hydroxyl groups excluding tert-OH is 1. The first-order chi connectivity index (χ1) is 12.6. The summed E-state index contributed by atoms with van der Waals surface area (Å²) >= 11 is 7.73. The molecule has 2 aromatic rings. The van der Waals surface area contributed by atoms with Crippen LogP contribution in [0.1, 0.15) is 23.5 Å². The van der Waals surface area contributed by atoms with Crippen LogP contribution in [0.3, 0.4) is 0 Å². The Morgan fingerprint density at radius 3 is 2.46 bits per heavy atom. The molecule has 0 aliphatic carbocycles. The zero-order valence-corrected chi connectivity index (χ0v) is 16.8. The van der Waals surface area contributed by atoms with Crippen LogP contribution < -0.4 is 0 Å². The van der Waals surface area contributed by atoms with Gasteiger partial charge in [0.2, 0.25) is 0 Å². The van der Waals surface area contributed by atoms with E-state index in [1.54, 1.807) is 0 Å². The summed E-state index contributed by atoms with van der Waals surface area (Å²) in [6.07, 6.45) is -0.516. The van der Waals surface area contributed by atoms with E-state index in [2.05, 4.69) is 27.3 Å². The minimum absolute atomic E-state index is 0.0513. The Balaban J connectivity index is 1.35. The fraction of sp³-hybridized carbons (Fsp3) is 0.500. The van der Waals surface area contributed by atoms with Crippen LogP contribution in [0.4, 0.5) is 0 Å². The highest BCUT2D eigenvalue weighted by molar-refractivity contribution is 7.09. The third-order valence-electron chi connectivity index (χ3n) is 4.77. The van der Waals surface area contributed by atoms with Gasteiger partial charge in [-0.3, -0.25) is 9.80 Å². The lowest BCUT2D eigenvalue weighted by Gasteiger charge is -2.35. The standard InChI is InChI=1S/C20H27ClN2O2S/c1-16(17-4-6-18(21)7-5-17)25-15-19(24)13-22-8-10-23(11-9-22)14-20-3-2-12-26-20/h2-7,12,16,19,24H,8-11,13-15H2,1H3. The number of β-amino-alcohol motifs (C(OH)–C–C–N with tert-alkyl or cyclic N) is 1. The molecule has 0 amide bonds. The molecule has 26 heavy (non-hydrogen) atoms. The Morgan fingerprint density at radius 2 is 1.81 bits per heavy atom. The van der Waals surface area contributed by atoms with Gasteiger partial charge in [0, 0.05) is 49.2 Å². The number of nitrogens with zero attached hydrogens (tertiary/aromatic N) is 2. The third-order valence-corrected chi connectivity index (χ3v) is 5.88. The largest absolute Gasteiger partial charge is 0.389 e. The van der Waals surface area contributed by atoms with E-state index in [-0.39, 0.29) is 6.10 Å². The first kappa shape index (κ1) is 19.8. The second kappa shape index (κ2) is 9.83. The second-order valence-corrected chi connectivity index (χ2v) is 8.31. The minimum atomic E-state index is -0.464. The highest BCUT2D eigenvalue weighted by Gasteiger charge is 2.20. The summed E-state index contributed by atoms with van der Waals surface area (Å²) < 4.78 is 5.83. The van der Waals surface area contributed by atoms with Crippen molar-refractivity contribution in [2.45, 2.75) is 25.7 Å². The van der Waals surface area contributed by atoms with Crippen molar-refractivity contribution in [3.8, 4) is 0 Å². The summed E-state index contributed by atoms with van der Waals surface area (Å²) in [6, 6.07) is 12.0. The quantitative estimate of drug-likeness (QED) is 0.741. The maximum atomic E-state index is 10.3. The van der Waals surface area contributed by atoms with Crippen molar-refractivity contribution >= 4 is 22.9 Å². The van der Waals surface area contributed by atoms with Gasteiger partial charge in [-0.1, -0.05) is 29.8 Å². The van der Waals surface area contributed by atoms with Crippen LogP contribution in [0, 0.1) is 0 Å². The summed E-state index contributed by atoms with van der Waals surface area (Å²) in [4.78, 5) is 6.22. The van der Waals surface area contributed by atoms with Crippen molar-refractivity contribution in [2.24, 2.45) is 0 Å². The third kappa shape index (κ3) is 6.05. The van der Waals surface area contributed by atoms with E-state index in [0.717, 1.165) is 43.3 Å². The Hall–Kier alpha value is -0.950. The van der Waals surface area contributed by atoms with E-state index in [1.165, 1.54) is 4.88 Å². The number of benzene rings is 1. The first-order valence-electron chi connectivity index (χ1n) is 9.12. The van der Waals surface area contributed by atoms with Crippen LogP contribution in [0.2, 0.25) is 5.02 Å². The van der Waals surface area contributed by atoms with E-state index in [9.17, 15) is 5.11 Å². The number of thiophene rings is 1. The summed E-state index contributed by atoms with van der Waals surface area (Å²) in [5.74, 6) is 0. The molecular formula is C20H27ClN2O2S. The van der Waals surface area contributed by atoms with Crippen LogP contribution in [0.5, 0.6) is 0 Å². The summed E-state index contributed by atoms with van der Waals surface area (Å²) in [6.45, 7) is 8.14. The van der Waals surface area contributed by atoms with Crippen LogP contribution in [-0.2, 0) is 11.3 Å². The van der Waals surface area contributed by atoms with E-state index >= 15 is 0 Å². The lowest BCUT2D eigenvalue weighted by molar-refractivity contribution is -0.0212. The first-order valence-corrected chi connectivity index (χ1v) is 10.4. The Bertz CT molecular complexity index is 642. The number of rotatable bonds is 8. The summed E-state index contributed by atoms with van der Waals surface area (Å²) in [5, 5.41) is 13.2. The van der Waals surface area contributed by atoms with Gasteiger partial charge in [0.15, 0.2) is 0 Å². The van der Waals surface area contributed by atoms with Crippen LogP contribution in [-0.4, -0.2) is 60.3 Å². The fourth-order valence-corrected chi connectivity index (χ4v) is 4.06. The van der Waals surface area contributed by atoms with Crippen molar-refractivity contribution in [3.63, 3.8) is 0 Å². The predicted octanol–water partition coefficient (Wildman–Crippen LogP) is 3.66. The van der Waals surface area contributed by atoms with Gasteiger partial charge in [0.05, 0.1) is 18.8 Å². The number of piperazine rings is 1.